The van der Waals surface area contributed by atoms with Crippen LogP contribution in [0.4, 0.5) is 0 Å². The van der Waals surface area contributed by atoms with Crippen LogP contribution in [-0.2, 0) is 17.8 Å². The van der Waals surface area contributed by atoms with Crippen molar-refractivity contribution in [3.8, 4) is 0 Å². The molecule has 70 valence electrons. The molecule has 2 nitrogen and oxygen atoms in total. The second-order valence-corrected chi connectivity index (χ2v) is 5.16. The normalized spacial score (nSPS) is 15.6. The molecular weight excluding hydrogens is 392 g/mol. The number of rotatable bonds is 0. The topological polar surface area (TPSA) is 22.1 Å². The summed E-state index contributed by atoms with van der Waals surface area (Å²) in [5, 5.41) is 0. The maximum Gasteiger partial charge on any atom is 0.105 e. The van der Waals surface area contributed by atoms with E-state index in [4.69, 9.17) is 4.74 Å². The molecule has 1 aliphatic heterocycles. The molecule has 1 aliphatic rings. The molecule has 0 radical (unpaired) electrons. The zero-order valence-electron chi connectivity index (χ0n) is 7.23. The van der Waals surface area contributed by atoms with Crippen molar-refractivity contribution < 1.29 is 4.74 Å². The second kappa shape index (κ2) is 3.98. The first-order valence-corrected chi connectivity index (χ1v) is 6.27. The van der Waals surface area contributed by atoms with Gasteiger partial charge < -0.3 is 4.74 Å². The average Bonchev–Trinajstić information content (AvgIpc) is 2.15. The second-order valence-electron chi connectivity index (χ2n) is 3.06. The van der Waals surface area contributed by atoms with Crippen molar-refractivity contribution in [1.82, 2.24) is 4.98 Å². The van der Waals surface area contributed by atoms with Crippen LogP contribution in [0, 0.1) is 14.2 Å². The fourth-order valence-electron chi connectivity index (χ4n) is 1.49. The lowest BCUT2D eigenvalue weighted by Crippen LogP contribution is -2.15. The van der Waals surface area contributed by atoms with Gasteiger partial charge in [0.1, 0.15) is 3.70 Å². The summed E-state index contributed by atoms with van der Waals surface area (Å²) in [7, 11) is 0. The Labute approximate surface area is 105 Å². The SMILES string of the molecule is Cc1nc(I)c2c(c1I)COCC2. The third-order valence-corrected chi connectivity index (χ3v) is 4.53. The summed E-state index contributed by atoms with van der Waals surface area (Å²) in [6.45, 7) is 3.65. The van der Waals surface area contributed by atoms with Crippen molar-refractivity contribution in [1.29, 1.82) is 0 Å². The van der Waals surface area contributed by atoms with Crippen molar-refractivity contribution in [2.75, 3.05) is 6.61 Å². The molecule has 0 unspecified atom stereocenters. The highest BCUT2D eigenvalue weighted by Gasteiger charge is 2.17. The van der Waals surface area contributed by atoms with Crippen molar-refractivity contribution >= 4 is 45.2 Å². The minimum atomic E-state index is 0.757. The lowest BCUT2D eigenvalue weighted by atomic mass is 10.1. The maximum atomic E-state index is 5.45. The van der Waals surface area contributed by atoms with Crippen LogP contribution in [0.2, 0.25) is 0 Å². The first kappa shape index (κ1) is 10.1. The summed E-state index contributed by atoms with van der Waals surface area (Å²) in [5.41, 5.74) is 3.86. The third-order valence-electron chi connectivity index (χ3n) is 2.20. The summed E-state index contributed by atoms with van der Waals surface area (Å²) in [6, 6.07) is 0. The van der Waals surface area contributed by atoms with E-state index in [0.29, 0.717) is 0 Å². The molecule has 2 heterocycles. The number of aryl methyl sites for hydroxylation is 1. The molecule has 2 rings (SSSR count). The standard InChI is InChI=1S/C9H9I2NO/c1-5-8(10)7-4-13-3-2-6(7)9(11)12-5/h2-4H2,1H3. The fourth-order valence-corrected chi connectivity index (χ4v) is 3.05. The van der Waals surface area contributed by atoms with Crippen LogP contribution in [0.15, 0.2) is 0 Å². The number of hydrogen-bond acceptors (Lipinski definition) is 2. The van der Waals surface area contributed by atoms with Gasteiger partial charge in [-0.25, -0.2) is 4.98 Å². The van der Waals surface area contributed by atoms with E-state index in [1.807, 2.05) is 0 Å². The van der Waals surface area contributed by atoms with Gasteiger partial charge in [-0.15, -0.1) is 0 Å². The van der Waals surface area contributed by atoms with E-state index in [2.05, 4.69) is 57.1 Å². The molecule has 0 atom stereocenters. The largest absolute Gasteiger partial charge is 0.376 e. The summed E-state index contributed by atoms with van der Waals surface area (Å²) >= 11 is 4.67. The molecule has 0 fully saturated rings. The number of pyridine rings is 1. The number of fused-ring (bicyclic) bond motifs is 1. The highest BCUT2D eigenvalue weighted by molar-refractivity contribution is 14.1. The quantitative estimate of drug-likeness (QED) is 0.493. The first-order valence-electron chi connectivity index (χ1n) is 4.11. The Morgan fingerprint density at radius 3 is 2.85 bits per heavy atom. The van der Waals surface area contributed by atoms with Crippen LogP contribution in [0.5, 0.6) is 0 Å². The number of ether oxygens (including phenoxy) is 1. The summed E-state index contributed by atoms with van der Waals surface area (Å²) < 4.78 is 7.87. The van der Waals surface area contributed by atoms with E-state index in [1.165, 1.54) is 14.7 Å². The van der Waals surface area contributed by atoms with Gasteiger partial charge in [-0.2, -0.15) is 0 Å². The Morgan fingerprint density at radius 1 is 1.31 bits per heavy atom. The van der Waals surface area contributed by atoms with Gasteiger partial charge in [-0.05, 0) is 69.7 Å². The van der Waals surface area contributed by atoms with Gasteiger partial charge in [-0.3, -0.25) is 0 Å². The maximum absolute atomic E-state index is 5.45. The zero-order chi connectivity index (χ0) is 9.42. The van der Waals surface area contributed by atoms with Gasteiger partial charge in [0.05, 0.1) is 18.9 Å². The van der Waals surface area contributed by atoms with Crippen LogP contribution >= 0.6 is 45.2 Å². The van der Waals surface area contributed by atoms with Gasteiger partial charge in [0.2, 0.25) is 0 Å². The van der Waals surface area contributed by atoms with Gasteiger partial charge in [0.15, 0.2) is 0 Å². The van der Waals surface area contributed by atoms with Gasteiger partial charge in [0, 0.05) is 3.57 Å². The molecule has 0 aliphatic carbocycles. The Hall–Kier alpha value is 0.570. The Balaban J connectivity index is 2.63. The average molecular weight is 401 g/mol. The molecule has 0 saturated carbocycles. The van der Waals surface area contributed by atoms with Crippen molar-refractivity contribution in [3.63, 3.8) is 0 Å². The van der Waals surface area contributed by atoms with Crippen LogP contribution in [0.25, 0.3) is 0 Å². The Morgan fingerprint density at radius 2 is 2.08 bits per heavy atom. The van der Waals surface area contributed by atoms with E-state index in [0.717, 1.165) is 29.0 Å². The molecule has 0 spiro atoms. The van der Waals surface area contributed by atoms with Crippen LogP contribution in [0.3, 0.4) is 0 Å². The summed E-state index contributed by atoms with van der Waals surface area (Å²) in [6.07, 6.45) is 1.01. The van der Waals surface area contributed by atoms with E-state index in [1.54, 1.807) is 0 Å². The smallest absolute Gasteiger partial charge is 0.105 e. The van der Waals surface area contributed by atoms with E-state index < -0.39 is 0 Å². The minimum Gasteiger partial charge on any atom is -0.376 e. The predicted octanol–water partition coefficient (Wildman–Crippen LogP) is 2.67. The number of nitrogens with zero attached hydrogens (tertiary/aromatic N) is 1. The summed E-state index contributed by atoms with van der Waals surface area (Å²) in [4.78, 5) is 4.51. The van der Waals surface area contributed by atoms with Crippen molar-refractivity contribution in [2.24, 2.45) is 0 Å². The van der Waals surface area contributed by atoms with Gasteiger partial charge in [0.25, 0.3) is 0 Å². The van der Waals surface area contributed by atoms with Crippen molar-refractivity contribution in [2.45, 2.75) is 20.0 Å². The van der Waals surface area contributed by atoms with Crippen LogP contribution < -0.4 is 0 Å². The van der Waals surface area contributed by atoms with E-state index in [-0.39, 0.29) is 0 Å². The lowest BCUT2D eigenvalue weighted by Gasteiger charge is -2.19. The molecule has 0 N–H and O–H groups in total. The minimum absolute atomic E-state index is 0.757. The molecular formula is C9H9I2NO. The van der Waals surface area contributed by atoms with Crippen LogP contribution in [0.1, 0.15) is 16.8 Å². The lowest BCUT2D eigenvalue weighted by molar-refractivity contribution is 0.109. The molecule has 0 saturated heterocycles. The first-order chi connectivity index (χ1) is 6.20. The molecule has 1 aromatic heterocycles. The number of hydrogen-bond donors (Lipinski definition) is 0. The molecule has 13 heavy (non-hydrogen) atoms. The molecule has 0 bridgehead atoms. The van der Waals surface area contributed by atoms with Gasteiger partial charge >= 0.3 is 0 Å². The zero-order valence-corrected chi connectivity index (χ0v) is 11.5. The Bertz CT molecular complexity index is 352. The van der Waals surface area contributed by atoms with Crippen molar-refractivity contribution in [3.05, 3.63) is 24.1 Å². The van der Waals surface area contributed by atoms with Crippen LogP contribution in [-0.4, -0.2) is 11.6 Å². The Kier molecular flexibility index (Phi) is 3.09. The number of halogens is 2. The van der Waals surface area contributed by atoms with E-state index in [9.17, 15) is 0 Å². The molecule has 1 aromatic rings. The van der Waals surface area contributed by atoms with E-state index >= 15 is 0 Å². The van der Waals surface area contributed by atoms with Gasteiger partial charge in [-0.1, -0.05) is 0 Å². The highest BCUT2D eigenvalue weighted by Crippen LogP contribution is 2.27. The summed E-state index contributed by atoms with van der Waals surface area (Å²) in [5.74, 6) is 0. The number of aromatic nitrogens is 1. The molecule has 4 heteroatoms. The monoisotopic (exact) mass is 401 g/mol. The fraction of sp³-hybridized carbons (Fsp3) is 0.444. The predicted molar refractivity (Wildman–Crippen MR) is 67.8 cm³/mol. The molecule has 0 amide bonds. The third kappa shape index (κ3) is 1.85. The molecule has 0 aromatic carbocycles. The highest BCUT2D eigenvalue weighted by atomic mass is 127.